The van der Waals surface area contributed by atoms with Crippen LogP contribution in [0.25, 0.3) is 0 Å². The molecule has 21 heavy (non-hydrogen) atoms. The van der Waals surface area contributed by atoms with E-state index >= 15 is 0 Å². The van der Waals surface area contributed by atoms with Crippen LogP contribution in [-0.2, 0) is 11.8 Å². The summed E-state index contributed by atoms with van der Waals surface area (Å²) in [5, 5.41) is 6.70. The minimum Gasteiger partial charge on any atom is -0.364 e. The third-order valence-electron chi connectivity index (χ3n) is 4.09. The van der Waals surface area contributed by atoms with Crippen LogP contribution in [-0.4, -0.2) is 21.6 Å². The van der Waals surface area contributed by atoms with Crippen LogP contribution in [0.15, 0.2) is 6.20 Å². The van der Waals surface area contributed by atoms with Crippen molar-refractivity contribution < 1.29 is 9.59 Å². The molecule has 1 fully saturated rings. The molecule has 0 spiro atoms. The Labute approximate surface area is 125 Å². The monoisotopic (exact) mass is 292 g/mol. The molecule has 0 radical (unpaired) electrons. The fraction of sp³-hybridized carbons (Fsp3) is 0.667. The zero-order valence-corrected chi connectivity index (χ0v) is 12.6. The number of nitrogens with two attached hydrogens (primary N) is 1. The van der Waals surface area contributed by atoms with E-state index in [4.69, 9.17) is 5.73 Å². The first kappa shape index (κ1) is 15.5. The lowest BCUT2D eigenvalue weighted by Gasteiger charge is -2.13. The molecule has 0 bridgehead atoms. The van der Waals surface area contributed by atoms with Gasteiger partial charge in [-0.1, -0.05) is 38.5 Å². The smallest absolute Gasteiger partial charge is 0.271 e. The fourth-order valence-electron chi connectivity index (χ4n) is 2.96. The number of primary amides is 1. The van der Waals surface area contributed by atoms with Crippen LogP contribution in [0.1, 0.15) is 61.9 Å². The molecule has 0 aliphatic heterocycles. The highest BCUT2D eigenvalue weighted by Gasteiger charge is 2.17. The summed E-state index contributed by atoms with van der Waals surface area (Å²) in [6.45, 7) is 0. The number of carbonyl (C=O) groups is 2. The van der Waals surface area contributed by atoms with E-state index in [2.05, 4.69) is 10.4 Å². The Morgan fingerprint density at radius 3 is 2.62 bits per heavy atom. The highest BCUT2D eigenvalue weighted by molar-refractivity contribution is 6.01. The van der Waals surface area contributed by atoms with E-state index in [0.717, 1.165) is 6.42 Å². The number of nitrogens with zero attached hydrogens (tertiary/aromatic N) is 2. The maximum Gasteiger partial charge on any atom is 0.271 e. The molecule has 1 aliphatic rings. The second-order valence-electron chi connectivity index (χ2n) is 5.87. The van der Waals surface area contributed by atoms with E-state index in [-0.39, 0.29) is 11.6 Å². The van der Waals surface area contributed by atoms with Crippen LogP contribution >= 0.6 is 0 Å². The summed E-state index contributed by atoms with van der Waals surface area (Å²) in [5.74, 6) is -0.0489. The maximum atomic E-state index is 12.0. The Hall–Kier alpha value is -1.85. The summed E-state index contributed by atoms with van der Waals surface area (Å²) in [6.07, 6.45) is 10.7. The third-order valence-corrected chi connectivity index (χ3v) is 4.09. The Balaban J connectivity index is 1.85. The van der Waals surface area contributed by atoms with Gasteiger partial charge in [-0.3, -0.25) is 14.3 Å². The largest absolute Gasteiger partial charge is 0.364 e. The SMILES string of the molecule is Cn1cc(NC(=O)CCC2CCCCCC2)c(C(N)=O)n1. The molecular weight excluding hydrogens is 268 g/mol. The first-order valence-electron chi connectivity index (χ1n) is 7.69. The number of carbonyl (C=O) groups excluding carboxylic acids is 2. The van der Waals surface area contributed by atoms with Gasteiger partial charge in [-0.15, -0.1) is 0 Å². The van der Waals surface area contributed by atoms with Gasteiger partial charge in [0, 0.05) is 19.7 Å². The van der Waals surface area contributed by atoms with Crippen molar-refractivity contribution in [2.24, 2.45) is 18.7 Å². The van der Waals surface area contributed by atoms with E-state index < -0.39 is 5.91 Å². The van der Waals surface area contributed by atoms with Crippen molar-refractivity contribution >= 4 is 17.5 Å². The highest BCUT2D eigenvalue weighted by Crippen LogP contribution is 2.26. The molecule has 6 nitrogen and oxygen atoms in total. The fourth-order valence-corrected chi connectivity index (χ4v) is 2.96. The van der Waals surface area contributed by atoms with Crippen molar-refractivity contribution in [1.82, 2.24) is 9.78 Å². The predicted molar refractivity (Wildman–Crippen MR) is 80.8 cm³/mol. The molecule has 2 rings (SSSR count). The topological polar surface area (TPSA) is 90.0 Å². The molecule has 3 N–H and O–H groups in total. The van der Waals surface area contributed by atoms with Crippen molar-refractivity contribution in [3.05, 3.63) is 11.9 Å². The Bertz CT molecular complexity index is 502. The average molecular weight is 292 g/mol. The molecule has 0 unspecified atom stereocenters. The summed E-state index contributed by atoms with van der Waals surface area (Å²) in [6, 6.07) is 0. The quantitative estimate of drug-likeness (QED) is 0.815. The number of nitrogens with one attached hydrogen (secondary N) is 1. The van der Waals surface area contributed by atoms with E-state index in [1.807, 2.05) is 0 Å². The van der Waals surface area contributed by atoms with E-state index in [1.54, 1.807) is 13.2 Å². The molecule has 1 aliphatic carbocycles. The molecule has 6 heteroatoms. The van der Waals surface area contributed by atoms with E-state index in [1.165, 1.54) is 43.2 Å². The van der Waals surface area contributed by atoms with Gasteiger partial charge in [0.05, 0.1) is 5.69 Å². The predicted octanol–water partition coefficient (Wildman–Crippen LogP) is 2.21. The van der Waals surface area contributed by atoms with Crippen LogP contribution in [0.4, 0.5) is 5.69 Å². The summed E-state index contributed by atoms with van der Waals surface area (Å²) in [5.41, 5.74) is 5.76. The second-order valence-corrected chi connectivity index (χ2v) is 5.87. The zero-order chi connectivity index (χ0) is 15.2. The van der Waals surface area contributed by atoms with Gasteiger partial charge >= 0.3 is 0 Å². The molecule has 0 saturated heterocycles. The van der Waals surface area contributed by atoms with Crippen molar-refractivity contribution in [2.75, 3.05) is 5.32 Å². The number of hydrogen-bond donors (Lipinski definition) is 2. The van der Waals surface area contributed by atoms with Crippen molar-refractivity contribution in [3.8, 4) is 0 Å². The van der Waals surface area contributed by atoms with Gasteiger partial charge < -0.3 is 11.1 Å². The first-order chi connectivity index (χ1) is 10.1. The van der Waals surface area contributed by atoms with Crippen LogP contribution in [0, 0.1) is 5.92 Å². The summed E-state index contributed by atoms with van der Waals surface area (Å²) >= 11 is 0. The number of aromatic nitrogens is 2. The molecule has 0 aromatic carbocycles. The molecule has 1 aromatic rings. The molecule has 1 saturated carbocycles. The molecular formula is C15H24N4O2. The average Bonchev–Trinajstić information content (AvgIpc) is 2.64. The minimum atomic E-state index is -0.630. The Kier molecular flexibility index (Phi) is 5.36. The molecule has 1 aromatic heterocycles. The van der Waals surface area contributed by atoms with Gasteiger partial charge in [0.2, 0.25) is 5.91 Å². The van der Waals surface area contributed by atoms with Gasteiger partial charge in [0.15, 0.2) is 5.69 Å². The number of anilines is 1. The van der Waals surface area contributed by atoms with Crippen LogP contribution in [0.3, 0.4) is 0 Å². The number of hydrogen-bond acceptors (Lipinski definition) is 3. The van der Waals surface area contributed by atoms with Gasteiger partial charge in [0.1, 0.15) is 0 Å². The van der Waals surface area contributed by atoms with Crippen molar-refractivity contribution in [3.63, 3.8) is 0 Å². The summed E-state index contributed by atoms with van der Waals surface area (Å²) < 4.78 is 1.47. The van der Waals surface area contributed by atoms with Gasteiger partial charge in [-0.2, -0.15) is 5.10 Å². The summed E-state index contributed by atoms with van der Waals surface area (Å²) in [4.78, 5) is 23.3. The normalized spacial score (nSPS) is 16.4. The van der Waals surface area contributed by atoms with E-state index in [0.29, 0.717) is 18.0 Å². The minimum absolute atomic E-state index is 0.0743. The van der Waals surface area contributed by atoms with Gasteiger partial charge in [0.25, 0.3) is 5.91 Å². The van der Waals surface area contributed by atoms with Crippen LogP contribution < -0.4 is 11.1 Å². The number of amides is 2. The van der Waals surface area contributed by atoms with Crippen molar-refractivity contribution in [2.45, 2.75) is 51.4 Å². The second kappa shape index (κ2) is 7.24. The Morgan fingerprint density at radius 1 is 1.33 bits per heavy atom. The van der Waals surface area contributed by atoms with Gasteiger partial charge in [-0.25, -0.2) is 0 Å². The molecule has 2 amide bonds. The zero-order valence-electron chi connectivity index (χ0n) is 12.6. The number of rotatable bonds is 5. The maximum absolute atomic E-state index is 12.0. The third kappa shape index (κ3) is 4.58. The van der Waals surface area contributed by atoms with E-state index in [9.17, 15) is 9.59 Å². The molecule has 0 atom stereocenters. The van der Waals surface area contributed by atoms with Crippen LogP contribution in [0.2, 0.25) is 0 Å². The van der Waals surface area contributed by atoms with Crippen molar-refractivity contribution in [1.29, 1.82) is 0 Å². The lowest BCUT2D eigenvalue weighted by Crippen LogP contribution is -2.18. The van der Waals surface area contributed by atoms with Gasteiger partial charge in [-0.05, 0) is 12.3 Å². The lowest BCUT2D eigenvalue weighted by molar-refractivity contribution is -0.116. The first-order valence-corrected chi connectivity index (χ1v) is 7.69. The summed E-state index contributed by atoms with van der Waals surface area (Å²) in [7, 11) is 1.69. The molecule has 116 valence electrons. The Morgan fingerprint density at radius 2 is 2.00 bits per heavy atom. The number of aryl methyl sites for hydroxylation is 1. The molecule has 1 heterocycles. The lowest BCUT2D eigenvalue weighted by atomic mass is 9.95. The standard InChI is InChI=1S/C15H24N4O2/c1-19-10-12(14(18-19)15(16)21)17-13(20)9-8-11-6-4-2-3-5-7-11/h10-11H,2-9H2,1H3,(H2,16,21)(H,17,20). The van der Waals surface area contributed by atoms with Crippen LogP contribution in [0.5, 0.6) is 0 Å². The highest BCUT2D eigenvalue weighted by atomic mass is 16.2.